The second-order valence-corrected chi connectivity index (χ2v) is 7.75. The predicted molar refractivity (Wildman–Crippen MR) is 107 cm³/mol. The Bertz CT molecular complexity index is 709. The zero-order valence-electron chi connectivity index (χ0n) is 16.6. The summed E-state index contributed by atoms with van der Waals surface area (Å²) >= 11 is 0. The Morgan fingerprint density at radius 1 is 1.00 bits per heavy atom. The van der Waals surface area contributed by atoms with E-state index in [1.165, 1.54) is 38.5 Å². The monoisotopic (exact) mass is 370 g/mol. The molecular weight excluding hydrogens is 339 g/mol. The first-order valence-electron chi connectivity index (χ1n) is 10.4. The van der Waals surface area contributed by atoms with Crippen LogP contribution in [-0.4, -0.2) is 16.8 Å². The minimum atomic E-state index is -0.223. The van der Waals surface area contributed by atoms with Crippen LogP contribution in [0.4, 0.5) is 4.39 Å². The van der Waals surface area contributed by atoms with E-state index in [2.05, 4.69) is 17.1 Å². The molecule has 1 aliphatic rings. The van der Waals surface area contributed by atoms with Crippen LogP contribution < -0.4 is 4.74 Å². The van der Waals surface area contributed by atoms with Gasteiger partial charge in [0.25, 0.3) is 0 Å². The molecule has 1 fully saturated rings. The van der Waals surface area contributed by atoms with Crippen LogP contribution >= 0.6 is 0 Å². The van der Waals surface area contributed by atoms with Gasteiger partial charge in [0.2, 0.25) is 5.88 Å². The molecule has 146 valence electrons. The van der Waals surface area contributed by atoms with Crippen LogP contribution in [0.15, 0.2) is 30.3 Å². The number of hydrogen-bond acceptors (Lipinski definition) is 3. The van der Waals surface area contributed by atoms with Gasteiger partial charge < -0.3 is 4.74 Å². The Morgan fingerprint density at radius 3 is 2.41 bits per heavy atom. The van der Waals surface area contributed by atoms with Crippen molar-refractivity contribution in [2.24, 2.45) is 11.8 Å². The molecule has 4 heteroatoms. The van der Waals surface area contributed by atoms with Crippen LogP contribution in [0.3, 0.4) is 0 Å². The smallest absolute Gasteiger partial charge is 0.233 e. The third-order valence-corrected chi connectivity index (χ3v) is 5.79. The molecule has 0 saturated heterocycles. The van der Waals surface area contributed by atoms with E-state index in [1.54, 1.807) is 18.2 Å². The fraction of sp³-hybridized carbons (Fsp3) is 0.565. The lowest BCUT2D eigenvalue weighted by atomic mass is 9.78. The summed E-state index contributed by atoms with van der Waals surface area (Å²) in [5.41, 5.74) is 2.11. The molecule has 27 heavy (non-hydrogen) atoms. The molecule has 3 nitrogen and oxygen atoms in total. The molecule has 0 spiro atoms. The summed E-state index contributed by atoms with van der Waals surface area (Å²) in [5, 5.41) is 8.14. The number of benzene rings is 1. The van der Waals surface area contributed by atoms with Crippen molar-refractivity contribution in [2.75, 3.05) is 6.61 Å². The molecule has 1 heterocycles. The van der Waals surface area contributed by atoms with Crippen molar-refractivity contribution in [1.29, 1.82) is 0 Å². The number of aryl methyl sites for hydroxylation is 1. The van der Waals surface area contributed by atoms with Gasteiger partial charge in [-0.05, 0) is 54.9 Å². The molecule has 0 aliphatic heterocycles. The number of ether oxygens (including phenoxy) is 1. The van der Waals surface area contributed by atoms with Crippen LogP contribution in [0.5, 0.6) is 5.88 Å². The molecular formula is C23H31FN2O. The quantitative estimate of drug-likeness (QED) is 0.553. The second kappa shape index (κ2) is 9.82. The van der Waals surface area contributed by atoms with Gasteiger partial charge in [-0.1, -0.05) is 52.0 Å². The van der Waals surface area contributed by atoms with Crippen molar-refractivity contribution >= 4 is 0 Å². The first-order chi connectivity index (χ1) is 13.2. The summed E-state index contributed by atoms with van der Waals surface area (Å²) in [6.07, 6.45) is 9.75. The van der Waals surface area contributed by atoms with Gasteiger partial charge in [-0.3, -0.25) is 0 Å². The third-order valence-electron chi connectivity index (χ3n) is 5.79. The van der Waals surface area contributed by atoms with Gasteiger partial charge in [-0.2, -0.15) is 0 Å². The summed E-state index contributed by atoms with van der Waals surface area (Å²) in [7, 11) is 0. The maximum absolute atomic E-state index is 14.6. The summed E-state index contributed by atoms with van der Waals surface area (Å²) < 4.78 is 20.0. The van der Waals surface area contributed by atoms with Crippen LogP contribution in [0.25, 0.3) is 11.3 Å². The SMILES string of the molecule is CCCOc1ccc(-c2ccc(CC[C@H]3CC[C@H](CC)CC3)cc2F)nn1. The molecule has 0 bridgehead atoms. The van der Waals surface area contributed by atoms with Gasteiger partial charge in [0.05, 0.1) is 12.3 Å². The Labute approximate surface area is 162 Å². The number of hydrogen-bond donors (Lipinski definition) is 0. The largest absolute Gasteiger partial charge is 0.477 e. The zero-order valence-corrected chi connectivity index (χ0v) is 16.6. The third kappa shape index (κ3) is 5.50. The van der Waals surface area contributed by atoms with Crippen molar-refractivity contribution in [3.05, 3.63) is 41.7 Å². The molecule has 0 N–H and O–H groups in total. The topological polar surface area (TPSA) is 35.0 Å². The second-order valence-electron chi connectivity index (χ2n) is 7.75. The molecule has 3 rings (SSSR count). The lowest BCUT2D eigenvalue weighted by Gasteiger charge is -2.27. The van der Waals surface area contributed by atoms with Crippen LogP contribution in [0.2, 0.25) is 0 Å². The molecule has 2 aromatic rings. The normalized spacial score (nSPS) is 19.8. The predicted octanol–water partition coefficient (Wildman–Crippen LogP) is 6.22. The van der Waals surface area contributed by atoms with Gasteiger partial charge in [-0.15, -0.1) is 10.2 Å². The molecule has 1 aromatic carbocycles. The lowest BCUT2D eigenvalue weighted by molar-refractivity contribution is 0.259. The fourth-order valence-corrected chi connectivity index (χ4v) is 3.97. The highest BCUT2D eigenvalue weighted by molar-refractivity contribution is 5.60. The Kier molecular flexibility index (Phi) is 7.19. The van der Waals surface area contributed by atoms with Crippen LogP contribution in [0.1, 0.15) is 64.4 Å². The number of nitrogens with zero attached hydrogens (tertiary/aromatic N) is 2. The summed E-state index contributed by atoms with van der Waals surface area (Å²) in [4.78, 5) is 0. The first kappa shape index (κ1) is 19.8. The van der Waals surface area contributed by atoms with Gasteiger partial charge in [0, 0.05) is 11.6 Å². The highest BCUT2D eigenvalue weighted by Crippen LogP contribution is 2.33. The summed E-state index contributed by atoms with van der Waals surface area (Å²) in [5.74, 6) is 1.99. The van der Waals surface area contributed by atoms with Crippen molar-refractivity contribution in [3.63, 3.8) is 0 Å². The molecule has 0 atom stereocenters. The minimum absolute atomic E-state index is 0.223. The highest BCUT2D eigenvalue weighted by atomic mass is 19.1. The van der Waals surface area contributed by atoms with Gasteiger partial charge >= 0.3 is 0 Å². The van der Waals surface area contributed by atoms with Gasteiger partial charge in [-0.25, -0.2) is 4.39 Å². The summed E-state index contributed by atoms with van der Waals surface area (Å²) in [6, 6.07) is 9.03. The molecule has 1 aromatic heterocycles. The van der Waals surface area contributed by atoms with Crippen LogP contribution in [0, 0.1) is 17.7 Å². The van der Waals surface area contributed by atoms with Crippen molar-refractivity contribution in [1.82, 2.24) is 10.2 Å². The minimum Gasteiger partial charge on any atom is -0.477 e. The fourth-order valence-electron chi connectivity index (χ4n) is 3.97. The van der Waals surface area contributed by atoms with Gasteiger partial charge in [0.15, 0.2) is 0 Å². The Morgan fingerprint density at radius 2 is 1.78 bits per heavy atom. The Hall–Kier alpha value is -1.97. The summed E-state index contributed by atoms with van der Waals surface area (Å²) in [6.45, 7) is 4.94. The number of rotatable bonds is 8. The first-order valence-corrected chi connectivity index (χ1v) is 10.4. The number of aromatic nitrogens is 2. The maximum atomic E-state index is 14.6. The van der Waals surface area contributed by atoms with E-state index < -0.39 is 0 Å². The van der Waals surface area contributed by atoms with E-state index in [9.17, 15) is 4.39 Å². The average molecular weight is 371 g/mol. The highest BCUT2D eigenvalue weighted by Gasteiger charge is 2.19. The lowest BCUT2D eigenvalue weighted by Crippen LogP contribution is -2.14. The zero-order chi connectivity index (χ0) is 19.1. The molecule has 1 saturated carbocycles. The molecule has 0 unspecified atom stereocenters. The average Bonchev–Trinajstić information content (AvgIpc) is 2.71. The number of halogens is 1. The van der Waals surface area contributed by atoms with Crippen molar-refractivity contribution in [3.8, 4) is 17.1 Å². The maximum Gasteiger partial charge on any atom is 0.233 e. The van der Waals surface area contributed by atoms with E-state index in [1.807, 2.05) is 19.1 Å². The molecule has 1 aliphatic carbocycles. The molecule has 0 radical (unpaired) electrons. The standard InChI is InChI=1S/C23H31FN2O/c1-3-15-27-23-14-13-22(25-26-23)20-12-11-19(16-21(20)24)10-9-18-7-5-17(4-2)6-8-18/h11-14,16-18H,3-10,15H2,1-2H3/t17-,18-. The van der Waals surface area contributed by atoms with E-state index in [-0.39, 0.29) is 5.82 Å². The van der Waals surface area contributed by atoms with E-state index >= 15 is 0 Å². The van der Waals surface area contributed by atoms with Crippen molar-refractivity contribution in [2.45, 2.75) is 65.2 Å². The van der Waals surface area contributed by atoms with Crippen LogP contribution in [-0.2, 0) is 6.42 Å². The molecule has 0 amide bonds. The Balaban J connectivity index is 1.57. The van der Waals surface area contributed by atoms with Gasteiger partial charge in [0.1, 0.15) is 5.82 Å². The van der Waals surface area contributed by atoms with E-state index in [4.69, 9.17) is 4.74 Å². The van der Waals surface area contributed by atoms with E-state index in [0.29, 0.717) is 23.7 Å². The van der Waals surface area contributed by atoms with E-state index in [0.717, 1.165) is 30.2 Å². The van der Waals surface area contributed by atoms with Crippen molar-refractivity contribution < 1.29 is 9.13 Å².